The van der Waals surface area contributed by atoms with Gasteiger partial charge in [0.25, 0.3) is 5.56 Å². The highest BCUT2D eigenvalue weighted by molar-refractivity contribution is 7.98. The van der Waals surface area contributed by atoms with Gasteiger partial charge in [-0.2, -0.15) is 0 Å². The Kier molecular flexibility index (Phi) is 6.20. The van der Waals surface area contributed by atoms with Crippen molar-refractivity contribution in [2.24, 2.45) is 0 Å². The number of benzene rings is 2. The number of hydrogen-bond donors (Lipinski definition) is 1. The van der Waals surface area contributed by atoms with Crippen molar-refractivity contribution >= 4 is 17.7 Å². The maximum absolute atomic E-state index is 13.3. The molecule has 0 unspecified atom stereocenters. The van der Waals surface area contributed by atoms with E-state index in [4.69, 9.17) is 0 Å². The number of aromatic amines is 1. The van der Waals surface area contributed by atoms with Gasteiger partial charge in [-0.05, 0) is 35.4 Å². The topological polar surface area (TPSA) is 72.0 Å². The molecule has 1 aromatic heterocycles. The highest BCUT2D eigenvalue weighted by atomic mass is 32.2. The first-order chi connectivity index (χ1) is 13.4. The van der Waals surface area contributed by atoms with Crippen LogP contribution in [0.5, 0.6) is 0 Å². The van der Waals surface area contributed by atoms with Crippen molar-refractivity contribution in [1.82, 2.24) is 9.97 Å². The molecule has 2 aromatic carbocycles. The number of rotatable bonds is 6. The zero-order valence-electron chi connectivity index (χ0n) is 14.9. The maximum Gasteiger partial charge on any atom is 0.337 e. The summed E-state index contributed by atoms with van der Waals surface area (Å²) < 4.78 is 31.3. The second-order valence-corrected chi connectivity index (χ2v) is 6.94. The number of carbonyl (C=O) groups excluding carboxylic acids is 1. The predicted octanol–water partition coefficient (Wildman–Crippen LogP) is 3.72. The van der Waals surface area contributed by atoms with E-state index in [1.54, 1.807) is 24.3 Å². The van der Waals surface area contributed by atoms with Crippen molar-refractivity contribution in [2.75, 3.05) is 7.11 Å². The molecule has 28 heavy (non-hydrogen) atoms. The van der Waals surface area contributed by atoms with Crippen LogP contribution in [0, 0.1) is 11.6 Å². The van der Waals surface area contributed by atoms with Gasteiger partial charge >= 0.3 is 5.97 Å². The summed E-state index contributed by atoms with van der Waals surface area (Å²) in [4.78, 5) is 30.3. The zero-order chi connectivity index (χ0) is 20.1. The first kappa shape index (κ1) is 19.8. The third-order valence-electron chi connectivity index (χ3n) is 3.83. The van der Waals surface area contributed by atoms with Crippen LogP contribution >= 0.6 is 11.8 Å². The predicted molar refractivity (Wildman–Crippen MR) is 101 cm³/mol. The molecule has 0 aliphatic heterocycles. The Morgan fingerprint density at radius 1 is 1.07 bits per heavy atom. The molecule has 1 heterocycles. The number of nitrogens with zero attached hydrogens (tertiary/aromatic N) is 1. The van der Waals surface area contributed by atoms with E-state index in [0.29, 0.717) is 27.7 Å². The highest BCUT2D eigenvalue weighted by Crippen LogP contribution is 2.20. The number of nitrogens with one attached hydrogen (secondary N) is 1. The summed E-state index contributed by atoms with van der Waals surface area (Å²) >= 11 is 1.31. The average molecular weight is 402 g/mol. The van der Waals surface area contributed by atoms with Gasteiger partial charge in [-0.25, -0.2) is 18.6 Å². The minimum Gasteiger partial charge on any atom is -0.465 e. The molecular formula is C20H16F2N2O3S. The van der Waals surface area contributed by atoms with Crippen LogP contribution in [0.25, 0.3) is 0 Å². The van der Waals surface area contributed by atoms with Crippen LogP contribution in [0.1, 0.15) is 27.2 Å². The number of halogens is 2. The molecule has 0 amide bonds. The Bertz CT molecular complexity index is 1030. The van der Waals surface area contributed by atoms with Crippen LogP contribution in [0.15, 0.2) is 58.5 Å². The number of methoxy groups -OCH3 is 1. The fourth-order valence-corrected chi connectivity index (χ4v) is 3.42. The Morgan fingerprint density at radius 2 is 1.75 bits per heavy atom. The van der Waals surface area contributed by atoms with Crippen molar-refractivity contribution in [3.63, 3.8) is 0 Å². The molecule has 0 atom stereocenters. The van der Waals surface area contributed by atoms with Gasteiger partial charge in [0.15, 0.2) is 5.16 Å². The minimum absolute atomic E-state index is 0.139. The van der Waals surface area contributed by atoms with Crippen LogP contribution in [-0.4, -0.2) is 23.0 Å². The lowest BCUT2D eigenvalue weighted by atomic mass is 10.1. The zero-order valence-corrected chi connectivity index (χ0v) is 15.7. The van der Waals surface area contributed by atoms with E-state index in [1.807, 2.05) is 0 Å². The van der Waals surface area contributed by atoms with Crippen molar-refractivity contribution < 1.29 is 18.3 Å². The van der Waals surface area contributed by atoms with Gasteiger partial charge in [0.2, 0.25) is 0 Å². The monoisotopic (exact) mass is 402 g/mol. The molecule has 0 bridgehead atoms. The van der Waals surface area contributed by atoms with Crippen LogP contribution < -0.4 is 5.56 Å². The number of ether oxygens (including phenoxy) is 1. The van der Waals surface area contributed by atoms with Crippen LogP contribution in [0.2, 0.25) is 0 Å². The normalized spacial score (nSPS) is 10.7. The van der Waals surface area contributed by atoms with Gasteiger partial charge in [0.05, 0.1) is 18.4 Å². The van der Waals surface area contributed by atoms with E-state index in [1.165, 1.54) is 37.1 Å². The Morgan fingerprint density at radius 3 is 2.39 bits per heavy atom. The minimum atomic E-state index is -0.676. The molecule has 0 aliphatic rings. The molecule has 8 heteroatoms. The molecule has 0 fully saturated rings. The lowest BCUT2D eigenvalue weighted by Crippen LogP contribution is -2.10. The Labute approximate surface area is 163 Å². The molecule has 0 saturated heterocycles. The van der Waals surface area contributed by atoms with Gasteiger partial charge < -0.3 is 9.72 Å². The van der Waals surface area contributed by atoms with E-state index < -0.39 is 17.6 Å². The van der Waals surface area contributed by atoms with E-state index in [0.717, 1.165) is 11.6 Å². The summed E-state index contributed by atoms with van der Waals surface area (Å²) in [5, 5.41) is 0.399. The molecular weight excluding hydrogens is 386 g/mol. The SMILES string of the molecule is COC(=O)c1ccc(CSc2nc(Cc3cc(F)cc(F)c3)cc(=O)[nH]2)cc1. The van der Waals surface area contributed by atoms with E-state index in [9.17, 15) is 18.4 Å². The summed E-state index contributed by atoms with van der Waals surface area (Å²) in [6.07, 6.45) is 0.139. The third-order valence-corrected chi connectivity index (χ3v) is 4.78. The van der Waals surface area contributed by atoms with Crippen LogP contribution in [0.3, 0.4) is 0 Å². The quantitative estimate of drug-likeness (QED) is 0.387. The van der Waals surface area contributed by atoms with Gasteiger partial charge in [-0.1, -0.05) is 23.9 Å². The summed E-state index contributed by atoms with van der Waals surface area (Å²) in [6.45, 7) is 0. The van der Waals surface area contributed by atoms with Gasteiger partial charge in [-0.3, -0.25) is 4.79 Å². The smallest absolute Gasteiger partial charge is 0.337 e. The van der Waals surface area contributed by atoms with Crippen LogP contribution in [-0.2, 0) is 16.9 Å². The summed E-state index contributed by atoms with van der Waals surface area (Å²) in [5.74, 6) is -1.25. The van der Waals surface area contributed by atoms with Crippen molar-refractivity contribution in [3.8, 4) is 0 Å². The van der Waals surface area contributed by atoms with E-state index >= 15 is 0 Å². The molecule has 1 N–H and O–H groups in total. The largest absolute Gasteiger partial charge is 0.465 e. The third kappa shape index (κ3) is 5.26. The van der Waals surface area contributed by atoms with Gasteiger partial charge in [-0.15, -0.1) is 0 Å². The number of hydrogen-bond acceptors (Lipinski definition) is 5. The number of thioether (sulfide) groups is 1. The van der Waals surface area contributed by atoms with Gasteiger partial charge in [0, 0.05) is 24.3 Å². The summed E-state index contributed by atoms with van der Waals surface area (Å²) in [5.41, 5.74) is 1.85. The highest BCUT2D eigenvalue weighted by Gasteiger charge is 2.08. The maximum atomic E-state index is 13.3. The molecule has 0 spiro atoms. The van der Waals surface area contributed by atoms with Crippen molar-refractivity contribution in [2.45, 2.75) is 17.3 Å². The molecule has 0 radical (unpaired) electrons. The molecule has 3 aromatic rings. The molecule has 3 rings (SSSR count). The molecule has 144 valence electrons. The van der Waals surface area contributed by atoms with E-state index in [-0.39, 0.29) is 12.0 Å². The fraction of sp³-hybridized carbons (Fsp3) is 0.150. The number of esters is 1. The molecule has 0 aliphatic carbocycles. The Balaban J connectivity index is 1.71. The standard InChI is InChI=1S/C20H16F2N2O3S/c1-27-19(26)14-4-2-12(3-5-14)11-28-20-23-17(10-18(25)24-20)8-13-6-15(21)9-16(22)7-13/h2-7,9-10H,8,11H2,1H3,(H,23,24,25). The van der Waals surface area contributed by atoms with Crippen LogP contribution in [0.4, 0.5) is 8.78 Å². The Hall–Kier alpha value is -3.00. The fourth-order valence-electron chi connectivity index (χ4n) is 2.57. The lowest BCUT2D eigenvalue weighted by molar-refractivity contribution is 0.0600. The summed E-state index contributed by atoms with van der Waals surface area (Å²) in [6, 6.07) is 11.4. The van der Waals surface area contributed by atoms with Crippen molar-refractivity contribution in [3.05, 3.63) is 92.9 Å². The molecule has 5 nitrogen and oxygen atoms in total. The van der Waals surface area contributed by atoms with Gasteiger partial charge in [0.1, 0.15) is 11.6 Å². The number of H-pyrrole nitrogens is 1. The first-order valence-electron chi connectivity index (χ1n) is 8.28. The second kappa shape index (κ2) is 8.79. The van der Waals surface area contributed by atoms with Crippen molar-refractivity contribution in [1.29, 1.82) is 0 Å². The lowest BCUT2D eigenvalue weighted by Gasteiger charge is -2.06. The average Bonchev–Trinajstić information content (AvgIpc) is 2.65. The summed E-state index contributed by atoms with van der Waals surface area (Å²) in [7, 11) is 1.32. The number of carbonyl (C=O) groups is 1. The number of aromatic nitrogens is 2. The second-order valence-electron chi connectivity index (χ2n) is 5.97. The first-order valence-corrected chi connectivity index (χ1v) is 9.27. The molecule has 0 saturated carbocycles. The van der Waals surface area contributed by atoms with E-state index in [2.05, 4.69) is 14.7 Å².